The highest BCUT2D eigenvalue weighted by Crippen LogP contribution is 2.18. The molecule has 29 heavy (non-hydrogen) atoms. The molecule has 0 unspecified atom stereocenters. The lowest BCUT2D eigenvalue weighted by molar-refractivity contribution is 0.142. The Balaban J connectivity index is 1.42. The first-order valence-corrected chi connectivity index (χ1v) is 10.5. The van der Waals surface area contributed by atoms with Crippen LogP contribution in [0.4, 0.5) is 4.39 Å². The van der Waals surface area contributed by atoms with Crippen LogP contribution in [0, 0.1) is 5.82 Å². The van der Waals surface area contributed by atoms with Gasteiger partial charge in [-0.15, -0.1) is 0 Å². The molecule has 0 amide bonds. The number of hydrogen-bond donors (Lipinski definition) is 0. The van der Waals surface area contributed by atoms with Gasteiger partial charge in [-0.25, -0.2) is 17.6 Å². The second kappa shape index (κ2) is 7.85. The predicted octanol–water partition coefficient (Wildman–Crippen LogP) is 0.532. The largest absolute Gasteiger partial charge is 0.369 e. The minimum Gasteiger partial charge on any atom is -0.282 e. The van der Waals surface area contributed by atoms with Gasteiger partial charge in [-0.3, -0.25) is 4.90 Å². The zero-order valence-corrected chi connectivity index (χ0v) is 16.2. The Morgan fingerprint density at radius 2 is 1.66 bits per heavy atom. The third-order valence-corrected chi connectivity index (χ3v) is 6.63. The summed E-state index contributed by atoms with van der Waals surface area (Å²) in [5.41, 5.74) is 0.251. The molecule has 1 aromatic heterocycles. The quantitative estimate of drug-likeness (QED) is 0.600. The summed E-state index contributed by atoms with van der Waals surface area (Å²) in [6, 6.07) is 14.0. The number of rotatable bonds is 5. The molecule has 0 aliphatic carbocycles. The Bertz CT molecular complexity index is 1150. The van der Waals surface area contributed by atoms with Crippen molar-refractivity contribution in [2.45, 2.75) is 11.6 Å². The van der Waals surface area contributed by atoms with Crippen LogP contribution in [0.2, 0.25) is 0 Å². The van der Waals surface area contributed by atoms with E-state index in [1.165, 1.54) is 31.9 Å². The number of sulfonamides is 1. The molecule has 3 aromatic rings. The van der Waals surface area contributed by atoms with E-state index in [0.29, 0.717) is 18.8 Å². The van der Waals surface area contributed by atoms with E-state index in [-0.39, 0.29) is 30.3 Å². The molecule has 1 aliphatic rings. The van der Waals surface area contributed by atoms with Gasteiger partial charge in [-0.1, -0.05) is 24.3 Å². The average molecular weight is 418 g/mol. The van der Waals surface area contributed by atoms with Gasteiger partial charge in [0.2, 0.25) is 10.0 Å². The van der Waals surface area contributed by atoms with Gasteiger partial charge in [0.15, 0.2) is 0 Å². The molecule has 2 heterocycles. The highest BCUT2D eigenvalue weighted by Gasteiger charge is 2.29. The number of hydrogen-bond acceptors (Lipinski definition) is 6. The number of tetrazole rings is 1. The Morgan fingerprint density at radius 3 is 2.34 bits per heavy atom. The van der Waals surface area contributed by atoms with Crippen LogP contribution in [0.3, 0.4) is 0 Å². The fourth-order valence-electron chi connectivity index (χ4n) is 3.17. The van der Waals surface area contributed by atoms with Gasteiger partial charge >= 0.3 is 5.69 Å². The van der Waals surface area contributed by atoms with Gasteiger partial charge in [0.25, 0.3) is 0 Å². The van der Waals surface area contributed by atoms with Gasteiger partial charge in [-0.2, -0.15) is 13.7 Å². The lowest BCUT2D eigenvalue weighted by Crippen LogP contribution is -2.49. The first kappa shape index (κ1) is 19.4. The minimum absolute atomic E-state index is 0.0621. The number of para-hydroxylation sites is 1. The molecule has 9 nitrogen and oxygen atoms in total. The van der Waals surface area contributed by atoms with Crippen LogP contribution in [0.15, 0.2) is 64.3 Å². The molecule has 1 aliphatic heterocycles. The molecule has 11 heteroatoms. The Kier molecular flexibility index (Phi) is 5.26. The van der Waals surface area contributed by atoms with Gasteiger partial charge in [0.05, 0.1) is 10.6 Å². The minimum atomic E-state index is -3.75. The van der Waals surface area contributed by atoms with E-state index >= 15 is 0 Å². The highest BCUT2D eigenvalue weighted by atomic mass is 32.2. The second-order valence-electron chi connectivity index (χ2n) is 6.63. The number of piperazine rings is 1. The van der Waals surface area contributed by atoms with Crippen LogP contribution in [0.1, 0.15) is 0 Å². The molecule has 0 spiro atoms. The molecule has 4 rings (SSSR count). The van der Waals surface area contributed by atoms with Crippen molar-refractivity contribution < 1.29 is 12.8 Å². The summed E-state index contributed by atoms with van der Waals surface area (Å²) >= 11 is 0. The van der Waals surface area contributed by atoms with E-state index in [2.05, 4.69) is 10.4 Å². The molecule has 0 radical (unpaired) electrons. The van der Waals surface area contributed by atoms with Gasteiger partial charge < -0.3 is 0 Å². The fourth-order valence-corrected chi connectivity index (χ4v) is 4.63. The smallest absolute Gasteiger partial charge is 0.282 e. The van der Waals surface area contributed by atoms with Crippen molar-refractivity contribution in [1.82, 2.24) is 29.0 Å². The summed E-state index contributed by atoms with van der Waals surface area (Å²) in [6.45, 7) is 1.51. The molecular weight excluding hydrogens is 399 g/mol. The maximum absolute atomic E-state index is 13.4. The van der Waals surface area contributed by atoms with E-state index in [9.17, 15) is 17.6 Å². The van der Waals surface area contributed by atoms with Crippen LogP contribution >= 0.6 is 0 Å². The van der Waals surface area contributed by atoms with E-state index in [0.717, 1.165) is 6.07 Å². The Labute approximate surface area is 166 Å². The van der Waals surface area contributed by atoms with Gasteiger partial charge in [0.1, 0.15) is 12.5 Å². The molecule has 0 saturated carbocycles. The molecular formula is C18H19FN6O3S. The first-order valence-electron chi connectivity index (χ1n) is 9.01. The van der Waals surface area contributed by atoms with Crippen LogP contribution in [-0.4, -0.2) is 63.6 Å². The van der Waals surface area contributed by atoms with Crippen LogP contribution in [0.5, 0.6) is 0 Å². The number of aromatic nitrogens is 4. The maximum Gasteiger partial charge on any atom is 0.369 e. The monoisotopic (exact) mass is 418 g/mol. The third-order valence-electron chi connectivity index (χ3n) is 4.74. The maximum atomic E-state index is 13.4. The van der Waals surface area contributed by atoms with E-state index < -0.39 is 15.8 Å². The van der Waals surface area contributed by atoms with Crippen molar-refractivity contribution in [2.75, 3.05) is 26.2 Å². The molecule has 1 fully saturated rings. The first-order chi connectivity index (χ1) is 13.9. The molecule has 0 bridgehead atoms. The summed E-state index contributed by atoms with van der Waals surface area (Å²) in [6.07, 6.45) is 0. The number of benzene rings is 2. The van der Waals surface area contributed by atoms with Crippen LogP contribution in [0.25, 0.3) is 5.69 Å². The van der Waals surface area contributed by atoms with Crippen molar-refractivity contribution in [1.29, 1.82) is 0 Å². The summed E-state index contributed by atoms with van der Waals surface area (Å²) < 4.78 is 42.5. The fraction of sp³-hybridized carbons (Fsp3) is 0.278. The SMILES string of the molecule is O=c1n(CN2CCN(S(=O)(=O)c3cccc(F)c3)CC2)nnn1-c1ccccc1. The molecule has 2 aromatic carbocycles. The van der Waals surface area contributed by atoms with Crippen molar-refractivity contribution in [2.24, 2.45) is 0 Å². The van der Waals surface area contributed by atoms with Crippen molar-refractivity contribution in [3.05, 3.63) is 70.9 Å². The zero-order chi connectivity index (χ0) is 20.4. The Morgan fingerprint density at radius 1 is 0.931 bits per heavy atom. The standard InChI is InChI=1S/C18H19FN6O3S/c19-15-5-4-8-17(13-15)29(27,28)23-11-9-22(10-12-23)14-24-18(26)25(21-20-24)16-6-2-1-3-7-16/h1-8,13H,9-12,14H2. The summed E-state index contributed by atoms with van der Waals surface area (Å²) in [5, 5.41) is 7.82. The molecule has 0 N–H and O–H groups in total. The van der Waals surface area contributed by atoms with Crippen molar-refractivity contribution >= 4 is 10.0 Å². The number of halogens is 1. The normalized spacial score (nSPS) is 16.2. The van der Waals surface area contributed by atoms with Crippen molar-refractivity contribution in [3.8, 4) is 5.69 Å². The van der Waals surface area contributed by atoms with E-state index in [1.807, 2.05) is 11.0 Å². The highest BCUT2D eigenvalue weighted by molar-refractivity contribution is 7.89. The molecule has 0 atom stereocenters. The zero-order valence-electron chi connectivity index (χ0n) is 15.4. The van der Waals surface area contributed by atoms with Gasteiger partial charge in [0, 0.05) is 26.2 Å². The van der Waals surface area contributed by atoms with Crippen LogP contribution in [-0.2, 0) is 16.7 Å². The average Bonchev–Trinajstić information content (AvgIpc) is 3.09. The topological polar surface area (TPSA) is 93.3 Å². The third kappa shape index (κ3) is 3.97. The van der Waals surface area contributed by atoms with E-state index in [4.69, 9.17) is 0 Å². The summed E-state index contributed by atoms with van der Waals surface area (Å²) in [7, 11) is -3.75. The lowest BCUT2D eigenvalue weighted by atomic mass is 10.3. The lowest BCUT2D eigenvalue weighted by Gasteiger charge is -2.33. The van der Waals surface area contributed by atoms with Crippen molar-refractivity contribution in [3.63, 3.8) is 0 Å². The van der Waals surface area contributed by atoms with Gasteiger partial charge in [-0.05, 0) is 40.8 Å². The second-order valence-corrected chi connectivity index (χ2v) is 8.57. The van der Waals surface area contributed by atoms with E-state index in [1.54, 1.807) is 24.3 Å². The molecule has 152 valence electrons. The number of nitrogens with zero attached hydrogens (tertiary/aromatic N) is 6. The predicted molar refractivity (Wildman–Crippen MR) is 102 cm³/mol. The summed E-state index contributed by atoms with van der Waals surface area (Å²) in [4.78, 5) is 14.4. The molecule has 1 saturated heterocycles. The summed E-state index contributed by atoms with van der Waals surface area (Å²) in [5.74, 6) is -0.592. The van der Waals surface area contributed by atoms with Crippen LogP contribution < -0.4 is 5.69 Å². The Hall–Kier alpha value is -2.89.